The van der Waals surface area contributed by atoms with Crippen LogP contribution in [0.1, 0.15) is 29.4 Å². The van der Waals surface area contributed by atoms with E-state index in [1.54, 1.807) is 6.20 Å². The van der Waals surface area contributed by atoms with E-state index in [4.69, 9.17) is 0 Å². The molecule has 0 aliphatic heterocycles. The minimum atomic E-state index is -0.106. The molecule has 0 aliphatic rings. The predicted octanol–water partition coefficient (Wildman–Crippen LogP) is 2.29. The van der Waals surface area contributed by atoms with Gasteiger partial charge in [-0.1, -0.05) is 28.9 Å². The SMILES string of the molecule is CCC(Br)CNC(=O)c1ncccc1C. The minimum Gasteiger partial charge on any atom is -0.350 e. The molecule has 0 aliphatic carbocycles. The first-order chi connectivity index (χ1) is 7.15. The Morgan fingerprint density at radius 3 is 3.00 bits per heavy atom. The molecule has 3 nitrogen and oxygen atoms in total. The van der Waals surface area contributed by atoms with E-state index >= 15 is 0 Å². The fraction of sp³-hybridized carbons (Fsp3) is 0.455. The molecule has 1 heterocycles. The quantitative estimate of drug-likeness (QED) is 0.854. The molecule has 4 heteroatoms. The van der Waals surface area contributed by atoms with E-state index in [1.807, 2.05) is 19.1 Å². The Labute approximate surface area is 98.4 Å². The highest BCUT2D eigenvalue weighted by atomic mass is 79.9. The number of aromatic nitrogens is 1. The van der Waals surface area contributed by atoms with E-state index in [0.717, 1.165) is 12.0 Å². The van der Waals surface area contributed by atoms with Crippen molar-refractivity contribution in [3.63, 3.8) is 0 Å². The lowest BCUT2D eigenvalue weighted by molar-refractivity contribution is 0.0948. The van der Waals surface area contributed by atoms with E-state index in [1.165, 1.54) is 0 Å². The monoisotopic (exact) mass is 270 g/mol. The van der Waals surface area contributed by atoms with Crippen LogP contribution in [0.3, 0.4) is 0 Å². The van der Waals surface area contributed by atoms with Gasteiger partial charge in [-0.2, -0.15) is 0 Å². The fourth-order valence-corrected chi connectivity index (χ4v) is 1.32. The van der Waals surface area contributed by atoms with E-state index in [9.17, 15) is 4.79 Å². The lowest BCUT2D eigenvalue weighted by Crippen LogP contribution is -2.30. The van der Waals surface area contributed by atoms with Crippen LogP contribution < -0.4 is 5.32 Å². The van der Waals surface area contributed by atoms with Crippen LogP contribution in [-0.4, -0.2) is 22.3 Å². The molecule has 0 fully saturated rings. The number of nitrogens with one attached hydrogen (secondary N) is 1. The Morgan fingerprint density at radius 1 is 1.67 bits per heavy atom. The second-order valence-corrected chi connectivity index (χ2v) is 4.68. The highest BCUT2D eigenvalue weighted by Gasteiger charge is 2.10. The molecule has 1 amide bonds. The van der Waals surface area contributed by atoms with Crippen LogP contribution in [-0.2, 0) is 0 Å². The second-order valence-electron chi connectivity index (χ2n) is 3.38. The van der Waals surface area contributed by atoms with Crippen molar-refractivity contribution in [3.8, 4) is 0 Å². The van der Waals surface area contributed by atoms with Gasteiger partial charge in [-0.3, -0.25) is 9.78 Å². The van der Waals surface area contributed by atoms with Gasteiger partial charge in [0.15, 0.2) is 0 Å². The zero-order valence-corrected chi connectivity index (χ0v) is 10.5. The van der Waals surface area contributed by atoms with Gasteiger partial charge in [0.1, 0.15) is 5.69 Å². The van der Waals surface area contributed by atoms with Crippen molar-refractivity contribution in [3.05, 3.63) is 29.6 Å². The number of hydrogen-bond acceptors (Lipinski definition) is 2. The summed E-state index contributed by atoms with van der Waals surface area (Å²) in [6.45, 7) is 4.58. The molecule has 15 heavy (non-hydrogen) atoms. The zero-order chi connectivity index (χ0) is 11.3. The lowest BCUT2D eigenvalue weighted by atomic mass is 10.2. The number of nitrogens with zero attached hydrogens (tertiary/aromatic N) is 1. The number of aryl methyl sites for hydroxylation is 1. The van der Waals surface area contributed by atoms with Gasteiger partial charge in [0, 0.05) is 17.6 Å². The summed E-state index contributed by atoms with van der Waals surface area (Å²) in [6, 6.07) is 3.71. The van der Waals surface area contributed by atoms with Gasteiger partial charge in [0.05, 0.1) is 0 Å². The van der Waals surface area contributed by atoms with Crippen LogP contribution in [0.5, 0.6) is 0 Å². The van der Waals surface area contributed by atoms with Crippen LogP contribution in [0.15, 0.2) is 18.3 Å². The summed E-state index contributed by atoms with van der Waals surface area (Å²) in [5, 5.41) is 2.84. The van der Waals surface area contributed by atoms with Gasteiger partial charge in [-0.05, 0) is 25.0 Å². The van der Waals surface area contributed by atoms with Crippen molar-refractivity contribution < 1.29 is 4.79 Å². The first kappa shape index (κ1) is 12.2. The largest absolute Gasteiger partial charge is 0.350 e. The third-order valence-electron chi connectivity index (χ3n) is 2.15. The van der Waals surface area contributed by atoms with Crippen LogP contribution in [0.2, 0.25) is 0 Å². The van der Waals surface area contributed by atoms with Crippen molar-refractivity contribution >= 4 is 21.8 Å². The number of pyridine rings is 1. The predicted molar refractivity (Wildman–Crippen MR) is 64.3 cm³/mol. The zero-order valence-electron chi connectivity index (χ0n) is 8.96. The number of halogens is 1. The molecule has 0 bridgehead atoms. The van der Waals surface area contributed by atoms with Crippen molar-refractivity contribution in [2.75, 3.05) is 6.54 Å². The first-order valence-electron chi connectivity index (χ1n) is 4.99. The smallest absolute Gasteiger partial charge is 0.270 e. The van der Waals surface area contributed by atoms with Crippen molar-refractivity contribution in [1.82, 2.24) is 10.3 Å². The van der Waals surface area contributed by atoms with Crippen LogP contribution in [0, 0.1) is 6.92 Å². The standard InChI is InChI=1S/C11H15BrN2O/c1-3-9(12)7-14-11(15)10-8(2)5-4-6-13-10/h4-6,9H,3,7H2,1-2H3,(H,14,15). The third-order valence-corrected chi connectivity index (χ3v) is 3.12. The lowest BCUT2D eigenvalue weighted by Gasteiger charge is -2.09. The summed E-state index contributed by atoms with van der Waals surface area (Å²) in [5.74, 6) is -0.106. The molecular formula is C11H15BrN2O. The number of hydrogen-bond donors (Lipinski definition) is 1. The maximum atomic E-state index is 11.7. The summed E-state index contributed by atoms with van der Waals surface area (Å²) in [6.07, 6.45) is 2.62. The van der Waals surface area contributed by atoms with Crippen LogP contribution in [0.4, 0.5) is 0 Å². The highest BCUT2D eigenvalue weighted by molar-refractivity contribution is 9.09. The maximum absolute atomic E-state index is 11.7. The molecule has 1 aromatic rings. The summed E-state index contributed by atoms with van der Waals surface area (Å²) < 4.78 is 0. The average Bonchev–Trinajstić information content (AvgIpc) is 2.26. The van der Waals surface area contributed by atoms with Crippen molar-refractivity contribution in [2.24, 2.45) is 0 Å². The molecular weight excluding hydrogens is 256 g/mol. The third kappa shape index (κ3) is 3.63. The maximum Gasteiger partial charge on any atom is 0.270 e. The van der Waals surface area contributed by atoms with E-state index < -0.39 is 0 Å². The molecule has 1 rings (SSSR count). The minimum absolute atomic E-state index is 0.106. The molecule has 0 saturated carbocycles. The first-order valence-corrected chi connectivity index (χ1v) is 5.90. The molecule has 1 N–H and O–H groups in total. The number of carbonyl (C=O) groups is 1. The van der Waals surface area contributed by atoms with Gasteiger partial charge in [-0.15, -0.1) is 0 Å². The van der Waals surface area contributed by atoms with Gasteiger partial charge >= 0.3 is 0 Å². The summed E-state index contributed by atoms with van der Waals surface area (Å²) in [4.78, 5) is 16.1. The van der Waals surface area contributed by atoms with Gasteiger partial charge in [0.25, 0.3) is 5.91 Å². The van der Waals surface area contributed by atoms with Gasteiger partial charge in [-0.25, -0.2) is 0 Å². The number of rotatable bonds is 4. The number of amides is 1. The van der Waals surface area contributed by atoms with E-state index in [2.05, 4.69) is 33.2 Å². The molecule has 1 unspecified atom stereocenters. The second kappa shape index (κ2) is 5.85. The van der Waals surface area contributed by atoms with E-state index in [-0.39, 0.29) is 5.91 Å². The molecule has 0 aromatic carbocycles. The Kier molecular flexibility index (Phi) is 4.75. The molecule has 82 valence electrons. The Hall–Kier alpha value is -0.900. The molecule has 0 saturated heterocycles. The number of alkyl halides is 1. The molecule has 0 spiro atoms. The van der Waals surface area contributed by atoms with E-state index in [0.29, 0.717) is 17.1 Å². The molecule has 1 aromatic heterocycles. The van der Waals surface area contributed by atoms with Gasteiger partial charge in [0.2, 0.25) is 0 Å². The Balaban J connectivity index is 2.58. The fourth-order valence-electron chi connectivity index (χ4n) is 1.15. The van der Waals surface area contributed by atoms with Crippen LogP contribution >= 0.6 is 15.9 Å². The van der Waals surface area contributed by atoms with Gasteiger partial charge < -0.3 is 5.32 Å². The normalized spacial score (nSPS) is 12.2. The molecule has 1 atom stereocenters. The van der Waals surface area contributed by atoms with Crippen molar-refractivity contribution in [1.29, 1.82) is 0 Å². The number of carbonyl (C=O) groups excluding carboxylic acids is 1. The summed E-state index contributed by atoms with van der Waals surface area (Å²) in [7, 11) is 0. The topological polar surface area (TPSA) is 42.0 Å². The highest BCUT2D eigenvalue weighted by Crippen LogP contribution is 2.05. The Morgan fingerprint density at radius 2 is 2.40 bits per heavy atom. The Bertz CT molecular complexity index is 341. The summed E-state index contributed by atoms with van der Waals surface area (Å²) >= 11 is 3.46. The average molecular weight is 271 g/mol. The molecule has 0 radical (unpaired) electrons. The summed E-state index contributed by atoms with van der Waals surface area (Å²) in [5.41, 5.74) is 1.41. The van der Waals surface area contributed by atoms with Crippen LogP contribution in [0.25, 0.3) is 0 Å². The van der Waals surface area contributed by atoms with Crippen molar-refractivity contribution in [2.45, 2.75) is 25.1 Å².